The van der Waals surface area contributed by atoms with Crippen LogP contribution in [0.4, 0.5) is 0 Å². The monoisotopic (exact) mass is 540 g/mol. The normalized spacial score (nSPS) is 18.1. The molecular formula is C34H36Ti2. The molecule has 0 bridgehead atoms. The van der Waals surface area contributed by atoms with Gasteiger partial charge in [-0.05, 0) is 0 Å². The van der Waals surface area contributed by atoms with Crippen molar-refractivity contribution >= 4 is 7.74 Å². The Balaban J connectivity index is 0.000000174. The molecule has 0 radical (unpaired) electrons. The molecule has 4 aliphatic carbocycles. The van der Waals surface area contributed by atoms with E-state index in [-0.39, 0.29) is 0 Å². The Hall–Kier alpha value is -2.21. The molecule has 0 atom stereocenters. The number of hydrogen-bond donors (Lipinski definition) is 0. The molecule has 0 heterocycles. The van der Waals surface area contributed by atoms with Crippen molar-refractivity contribution in [1.29, 1.82) is 0 Å². The Morgan fingerprint density at radius 1 is 0.444 bits per heavy atom. The number of rotatable bonds is 6. The van der Waals surface area contributed by atoms with Crippen LogP contribution in [0.15, 0.2) is 149 Å². The van der Waals surface area contributed by atoms with E-state index < -0.39 is 33.2 Å². The summed E-state index contributed by atoms with van der Waals surface area (Å²) >= 11 is -4.52. The molecule has 0 aliphatic heterocycles. The van der Waals surface area contributed by atoms with Crippen LogP contribution >= 0.6 is 0 Å². The summed E-state index contributed by atoms with van der Waals surface area (Å²) in [6.45, 7) is 0. The zero-order valence-corrected chi connectivity index (χ0v) is 24.7. The first-order valence-corrected chi connectivity index (χ1v) is 21.0. The second-order valence-electron chi connectivity index (χ2n) is 10.4. The molecule has 2 aromatic carbocycles. The van der Waals surface area contributed by atoms with Crippen LogP contribution in [-0.2, 0) is 33.2 Å². The van der Waals surface area contributed by atoms with Gasteiger partial charge in [-0.15, -0.1) is 0 Å². The first-order valence-electron chi connectivity index (χ1n) is 13.2. The third-order valence-electron chi connectivity index (χ3n) is 8.07. The molecular weight excluding hydrogens is 504 g/mol. The Bertz CT molecular complexity index is 1220. The number of allylic oxidation sites excluding steroid dienone is 16. The molecule has 0 saturated heterocycles. The standard InChI is InChI=1S/2C6H5.4C5H5.2CH3.2Ti/c2*1-2-4-6-5-3-1;4*1-2-4-5-3-1;;;;/h2*1-5H;4*1-3H,4H2;2*1H3;;. The molecule has 0 N–H and O–H groups in total. The second-order valence-corrected chi connectivity index (χ2v) is 23.6. The van der Waals surface area contributed by atoms with E-state index in [9.17, 15) is 0 Å². The predicted molar refractivity (Wildman–Crippen MR) is 151 cm³/mol. The molecule has 4 aliphatic rings. The SMILES string of the molecule is C1=CC[C]([Ti]([C]2=CC=CC2)([c]2ccccc2)[c]2ccccc2)=C1.[CH3][Ti]([CH3])([C]1=CC=CC1)[C]1=CC=CC1. The first kappa shape index (κ1) is 25.4. The fourth-order valence-corrected chi connectivity index (χ4v) is 18.2. The van der Waals surface area contributed by atoms with Crippen molar-refractivity contribution in [2.45, 2.75) is 36.1 Å². The molecule has 180 valence electrons. The second kappa shape index (κ2) is 11.5. The van der Waals surface area contributed by atoms with Gasteiger partial charge in [-0.2, -0.15) is 0 Å². The van der Waals surface area contributed by atoms with E-state index in [0.29, 0.717) is 0 Å². The molecule has 2 aromatic rings. The van der Waals surface area contributed by atoms with Gasteiger partial charge in [0.1, 0.15) is 0 Å². The maximum atomic E-state index is 2.51. The first-order chi connectivity index (χ1) is 17.6. The van der Waals surface area contributed by atoms with Gasteiger partial charge in [-0.25, -0.2) is 0 Å². The average molecular weight is 540 g/mol. The van der Waals surface area contributed by atoms with Crippen LogP contribution in [0.5, 0.6) is 0 Å². The zero-order chi connectivity index (χ0) is 24.8. The topological polar surface area (TPSA) is 0 Å². The van der Waals surface area contributed by atoms with Crippen LogP contribution in [-0.4, -0.2) is 0 Å². The minimum atomic E-state index is -2.76. The van der Waals surface area contributed by atoms with Crippen molar-refractivity contribution in [3.05, 3.63) is 149 Å². The molecule has 0 spiro atoms. The summed E-state index contributed by atoms with van der Waals surface area (Å²) in [6, 6.07) is 22.5. The zero-order valence-electron chi connectivity index (χ0n) is 21.5. The summed E-state index contributed by atoms with van der Waals surface area (Å²) in [6.07, 6.45) is 32.2. The molecule has 0 fully saturated rings. The van der Waals surface area contributed by atoms with Crippen LogP contribution in [0.3, 0.4) is 0 Å². The summed E-state index contributed by atoms with van der Waals surface area (Å²) in [7, 11) is 0. The Labute approximate surface area is 224 Å². The number of hydrogen-bond acceptors (Lipinski definition) is 0. The molecule has 0 amide bonds. The van der Waals surface area contributed by atoms with Crippen LogP contribution in [0.25, 0.3) is 0 Å². The Kier molecular flexibility index (Phi) is 8.09. The Morgan fingerprint density at radius 2 is 0.778 bits per heavy atom. The van der Waals surface area contributed by atoms with Crippen molar-refractivity contribution < 1.29 is 33.2 Å². The van der Waals surface area contributed by atoms with E-state index in [1.165, 1.54) is 12.8 Å². The van der Waals surface area contributed by atoms with Gasteiger partial charge in [-0.3, -0.25) is 0 Å². The fourth-order valence-electron chi connectivity index (χ4n) is 5.97. The maximum absolute atomic E-state index is 2.76. The fraction of sp³-hybridized carbons (Fsp3) is 0.176. The van der Waals surface area contributed by atoms with E-state index >= 15 is 0 Å². The molecule has 36 heavy (non-hydrogen) atoms. The quantitative estimate of drug-likeness (QED) is 0.323. The van der Waals surface area contributed by atoms with Gasteiger partial charge in [0, 0.05) is 0 Å². The van der Waals surface area contributed by atoms with Gasteiger partial charge in [0.2, 0.25) is 0 Å². The van der Waals surface area contributed by atoms with Crippen molar-refractivity contribution in [3.8, 4) is 0 Å². The molecule has 2 heteroatoms. The van der Waals surface area contributed by atoms with Gasteiger partial charge in [0.25, 0.3) is 0 Å². The van der Waals surface area contributed by atoms with E-state index in [2.05, 4.69) is 144 Å². The number of benzene rings is 2. The molecule has 0 nitrogen and oxygen atoms in total. The molecule has 6 rings (SSSR count). The third-order valence-corrected chi connectivity index (χ3v) is 22.2. The van der Waals surface area contributed by atoms with E-state index in [0.717, 1.165) is 12.8 Å². The molecule has 0 unspecified atom stereocenters. The molecule has 0 saturated carbocycles. The summed E-state index contributed by atoms with van der Waals surface area (Å²) < 4.78 is 9.85. The van der Waals surface area contributed by atoms with Crippen molar-refractivity contribution in [2.75, 3.05) is 0 Å². The van der Waals surface area contributed by atoms with Gasteiger partial charge >= 0.3 is 226 Å². The summed E-state index contributed by atoms with van der Waals surface area (Å²) in [5.74, 6) is 0. The van der Waals surface area contributed by atoms with Crippen LogP contribution in [0, 0.1) is 0 Å². The minimum absolute atomic E-state index is 1.10. The van der Waals surface area contributed by atoms with Gasteiger partial charge in [0.15, 0.2) is 0 Å². The average Bonchev–Trinajstić information content (AvgIpc) is 3.75. The predicted octanol–water partition coefficient (Wildman–Crippen LogP) is 8.40. The third kappa shape index (κ3) is 4.98. The van der Waals surface area contributed by atoms with Crippen LogP contribution in [0.2, 0.25) is 10.5 Å². The van der Waals surface area contributed by atoms with Gasteiger partial charge in [0.05, 0.1) is 0 Å². The van der Waals surface area contributed by atoms with E-state index in [1.807, 2.05) is 0 Å². The van der Waals surface area contributed by atoms with E-state index in [4.69, 9.17) is 0 Å². The van der Waals surface area contributed by atoms with Crippen LogP contribution < -0.4 is 7.74 Å². The van der Waals surface area contributed by atoms with Crippen molar-refractivity contribution in [1.82, 2.24) is 0 Å². The Morgan fingerprint density at radius 3 is 1.08 bits per heavy atom. The van der Waals surface area contributed by atoms with E-state index in [1.54, 1.807) is 23.2 Å². The summed E-state index contributed by atoms with van der Waals surface area (Å²) in [5.41, 5.74) is 0. The molecule has 0 aromatic heterocycles. The summed E-state index contributed by atoms with van der Waals surface area (Å²) in [4.78, 5) is 0. The van der Waals surface area contributed by atoms with Gasteiger partial charge < -0.3 is 0 Å². The summed E-state index contributed by atoms with van der Waals surface area (Å²) in [5, 5.41) is 5.02. The van der Waals surface area contributed by atoms with Gasteiger partial charge in [-0.1, -0.05) is 0 Å². The van der Waals surface area contributed by atoms with Crippen LogP contribution in [0.1, 0.15) is 25.7 Å². The van der Waals surface area contributed by atoms with Crippen molar-refractivity contribution in [2.24, 2.45) is 0 Å². The van der Waals surface area contributed by atoms with Crippen molar-refractivity contribution in [3.63, 3.8) is 0 Å².